The first-order valence-corrected chi connectivity index (χ1v) is 12.5. The lowest BCUT2D eigenvalue weighted by Crippen LogP contribution is -2.58. The first kappa shape index (κ1) is 23.8. The van der Waals surface area contributed by atoms with Crippen molar-refractivity contribution < 1.29 is 19.4 Å². The largest absolute Gasteiger partial charge is 0.459 e. The Hall–Kier alpha value is -2.95. The molecule has 5 rings (SSSR count). The van der Waals surface area contributed by atoms with Crippen molar-refractivity contribution in [3.63, 3.8) is 0 Å². The second kappa shape index (κ2) is 8.92. The maximum Gasteiger partial charge on any atom is 0.339 e. The lowest BCUT2D eigenvalue weighted by Gasteiger charge is -2.55. The molecule has 2 saturated carbocycles. The van der Waals surface area contributed by atoms with Crippen molar-refractivity contribution in [2.45, 2.75) is 50.9 Å². The number of rotatable bonds is 7. The van der Waals surface area contributed by atoms with E-state index in [2.05, 4.69) is 38.1 Å². The van der Waals surface area contributed by atoms with E-state index in [1.807, 2.05) is 54.6 Å². The maximum absolute atomic E-state index is 13.3. The van der Waals surface area contributed by atoms with Crippen molar-refractivity contribution in [1.82, 2.24) is 0 Å². The van der Waals surface area contributed by atoms with Crippen LogP contribution in [0.25, 0.3) is 0 Å². The quantitative estimate of drug-likeness (QED) is 0.427. The van der Waals surface area contributed by atoms with Crippen LogP contribution in [0.5, 0.6) is 0 Å². The molecule has 0 unspecified atom stereocenters. The van der Waals surface area contributed by atoms with E-state index >= 15 is 0 Å². The van der Waals surface area contributed by atoms with Crippen molar-refractivity contribution in [2.75, 3.05) is 7.11 Å². The number of benzene rings is 3. The van der Waals surface area contributed by atoms with Gasteiger partial charge in [0.25, 0.3) is 0 Å². The van der Waals surface area contributed by atoms with Gasteiger partial charge in [0.15, 0.2) is 6.10 Å². The molecule has 2 aliphatic rings. The zero-order valence-electron chi connectivity index (χ0n) is 20.7. The van der Waals surface area contributed by atoms with Crippen molar-refractivity contribution >= 4 is 5.97 Å². The van der Waals surface area contributed by atoms with Gasteiger partial charge in [-0.05, 0) is 47.3 Å². The Morgan fingerprint density at radius 3 is 1.91 bits per heavy atom. The van der Waals surface area contributed by atoms with Crippen LogP contribution in [0.4, 0.5) is 0 Å². The lowest BCUT2D eigenvalue weighted by atomic mass is 9.54. The van der Waals surface area contributed by atoms with Gasteiger partial charge >= 0.3 is 5.97 Å². The third kappa shape index (κ3) is 3.38. The number of aliphatic hydroxyl groups is 1. The van der Waals surface area contributed by atoms with Gasteiger partial charge in [0.05, 0.1) is 5.41 Å². The SMILES string of the molecule is COC(c1ccccc1)(c1ccccc1)[C@]12CC[C@H](C[C@H]1OC(=O)[C@@H](O)c1ccccc1)C2(C)C. The molecule has 2 fully saturated rings. The Bertz CT molecular complexity index is 1120. The number of ether oxygens (including phenoxy) is 2. The summed E-state index contributed by atoms with van der Waals surface area (Å²) in [5.74, 6) is -0.217. The van der Waals surface area contributed by atoms with Gasteiger partial charge in [0.2, 0.25) is 0 Å². The van der Waals surface area contributed by atoms with Gasteiger partial charge < -0.3 is 14.6 Å². The van der Waals surface area contributed by atoms with Crippen molar-refractivity contribution in [2.24, 2.45) is 16.7 Å². The maximum atomic E-state index is 13.3. The number of esters is 1. The summed E-state index contributed by atoms with van der Waals surface area (Å²) in [6, 6.07) is 29.6. The third-order valence-electron chi connectivity index (χ3n) is 9.00. The normalized spacial score (nSPS) is 25.8. The van der Waals surface area contributed by atoms with Gasteiger partial charge in [-0.15, -0.1) is 0 Å². The highest BCUT2D eigenvalue weighted by Crippen LogP contribution is 2.74. The molecule has 3 aromatic carbocycles. The summed E-state index contributed by atoms with van der Waals surface area (Å²) in [6.45, 7) is 4.59. The topological polar surface area (TPSA) is 55.8 Å². The molecule has 4 heteroatoms. The first-order valence-electron chi connectivity index (χ1n) is 12.5. The fourth-order valence-corrected chi connectivity index (χ4v) is 7.32. The van der Waals surface area contributed by atoms with Crippen LogP contribution in [0, 0.1) is 16.7 Å². The average Bonchev–Trinajstić information content (AvgIpc) is 3.28. The van der Waals surface area contributed by atoms with Crippen LogP contribution in [-0.2, 0) is 19.9 Å². The molecule has 0 aromatic heterocycles. The number of methoxy groups -OCH3 is 1. The van der Waals surface area contributed by atoms with Crippen LogP contribution in [0.15, 0.2) is 91.0 Å². The summed E-state index contributed by atoms with van der Waals surface area (Å²) < 4.78 is 12.9. The van der Waals surface area contributed by atoms with Crippen LogP contribution in [-0.4, -0.2) is 24.3 Å². The number of carbonyl (C=O) groups excluding carboxylic acids is 1. The van der Waals surface area contributed by atoms with E-state index in [-0.39, 0.29) is 5.41 Å². The molecule has 182 valence electrons. The minimum absolute atomic E-state index is 0.169. The van der Waals surface area contributed by atoms with E-state index < -0.39 is 29.2 Å². The molecule has 35 heavy (non-hydrogen) atoms. The number of hydrogen-bond donors (Lipinski definition) is 1. The molecule has 0 heterocycles. The number of fused-ring (bicyclic) bond motifs is 2. The summed E-state index contributed by atoms with van der Waals surface area (Å²) in [6.07, 6.45) is 0.947. The summed E-state index contributed by atoms with van der Waals surface area (Å²) in [5.41, 5.74) is 1.12. The molecule has 2 aliphatic carbocycles. The van der Waals surface area contributed by atoms with Crippen molar-refractivity contribution in [1.29, 1.82) is 0 Å². The minimum atomic E-state index is -1.32. The average molecular weight is 471 g/mol. The molecule has 0 spiro atoms. The third-order valence-corrected chi connectivity index (χ3v) is 9.00. The zero-order valence-corrected chi connectivity index (χ0v) is 20.7. The summed E-state index contributed by atoms with van der Waals surface area (Å²) in [4.78, 5) is 13.3. The van der Waals surface area contributed by atoms with E-state index in [0.717, 1.165) is 30.4 Å². The van der Waals surface area contributed by atoms with E-state index in [0.29, 0.717) is 11.5 Å². The van der Waals surface area contributed by atoms with Gasteiger partial charge in [-0.1, -0.05) is 105 Å². The van der Waals surface area contributed by atoms with Gasteiger partial charge in [0, 0.05) is 7.11 Å². The molecule has 0 saturated heterocycles. The van der Waals surface area contributed by atoms with Gasteiger partial charge in [-0.2, -0.15) is 0 Å². The van der Waals surface area contributed by atoms with Crippen LogP contribution in [0.2, 0.25) is 0 Å². The van der Waals surface area contributed by atoms with Gasteiger partial charge in [-0.3, -0.25) is 0 Å². The van der Waals surface area contributed by atoms with E-state index in [1.54, 1.807) is 19.2 Å². The first-order chi connectivity index (χ1) is 16.9. The second-order valence-electron chi connectivity index (χ2n) is 10.5. The van der Waals surface area contributed by atoms with E-state index in [1.165, 1.54) is 0 Å². The smallest absolute Gasteiger partial charge is 0.339 e. The Balaban J connectivity index is 1.65. The van der Waals surface area contributed by atoms with Crippen molar-refractivity contribution in [3.05, 3.63) is 108 Å². The second-order valence-corrected chi connectivity index (χ2v) is 10.5. The Morgan fingerprint density at radius 1 is 0.914 bits per heavy atom. The Labute approximate surface area is 207 Å². The van der Waals surface area contributed by atoms with Crippen LogP contribution in [0.3, 0.4) is 0 Å². The fourth-order valence-electron chi connectivity index (χ4n) is 7.32. The molecule has 4 nitrogen and oxygen atoms in total. The molecule has 4 atom stereocenters. The number of hydrogen-bond acceptors (Lipinski definition) is 4. The van der Waals surface area contributed by atoms with Gasteiger partial charge in [0.1, 0.15) is 11.7 Å². The Morgan fingerprint density at radius 2 is 1.43 bits per heavy atom. The molecule has 0 amide bonds. The predicted molar refractivity (Wildman–Crippen MR) is 136 cm³/mol. The van der Waals surface area contributed by atoms with Crippen LogP contribution >= 0.6 is 0 Å². The molecule has 0 aliphatic heterocycles. The molecular weight excluding hydrogens is 436 g/mol. The molecular formula is C31H34O4. The number of carbonyl (C=O) groups is 1. The number of aliphatic hydroxyl groups excluding tert-OH is 1. The van der Waals surface area contributed by atoms with Gasteiger partial charge in [-0.25, -0.2) is 4.79 Å². The van der Waals surface area contributed by atoms with Crippen LogP contribution in [0.1, 0.15) is 55.9 Å². The summed E-state index contributed by atoms with van der Waals surface area (Å²) in [5, 5.41) is 10.8. The molecule has 0 radical (unpaired) electrons. The highest BCUT2D eigenvalue weighted by atomic mass is 16.6. The minimum Gasteiger partial charge on any atom is -0.459 e. The molecule has 3 aromatic rings. The highest BCUT2D eigenvalue weighted by molar-refractivity contribution is 5.76. The predicted octanol–water partition coefficient (Wildman–Crippen LogP) is 6.05. The molecule has 2 bridgehead atoms. The van der Waals surface area contributed by atoms with Crippen LogP contribution < -0.4 is 0 Å². The standard InChI is InChI=1S/C31H34O4/c1-29(2)25-19-20-30(29,26(21-25)35-28(33)27(32)22-13-7-4-8-14-22)31(34-3,23-15-9-5-10-16-23)24-17-11-6-12-18-24/h4-18,25-27,32H,19-21H2,1-3H3/t25-,26-,27+,30-/m1/s1. The fraction of sp³-hybridized carbons (Fsp3) is 0.387. The van der Waals surface area contributed by atoms with E-state index in [4.69, 9.17) is 9.47 Å². The summed E-state index contributed by atoms with van der Waals surface area (Å²) >= 11 is 0. The van der Waals surface area contributed by atoms with Crippen molar-refractivity contribution in [3.8, 4) is 0 Å². The molecule has 1 N–H and O–H groups in total. The highest BCUT2D eigenvalue weighted by Gasteiger charge is 2.74. The van der Waals surface area contributed by atoms with E-state index in [9.17, 15) is 9.90 Å². The monoisotopic (exact) mass is 470 g/mol. The lowest BCUT2D eigenvalue weighted by molar-refractivity contribution is -0.198. The Kier molecular flexibility index (Phi) is 6.06. The summed E-state index contributed by atoms with van der Waals surface area (Å²) in [7, 11) is 1.77. The zero-order chi connectivity index (χ0) is 24.7.